The first kappa shape index (κ1) is 12.8. The number of amides is 1. The predicted molar refractivity (Wildman–Crippen MR) is 34.7 cm³/mol. The first-order valence-electron chi connectivity index (χ1n) is 3.33. The first-order chi connectivity index (χ1) is 6.13. The van der Waals surface area contributed by atoms with E-state index in [4.69, 9.17) is 0 Å². The molecule has 1 N–H and O–H groups in total. The van der Waals surface area contributed by atoms with Crippen molar-refractivity contribution in [2.75, 3.05) is 0 Å². The summed E-state index contributed by atoms with van der Waals surface area (Å²) in [6, 6.07) is -1.39. The van der Waals surface area contributed by atoms with Gasteiger partial charge < -0.3 is 10.1 Å². The van der Waals surface area contributed by atoms with Crippen LogP contribution in [0.5, 0.6) is 0 Å². The zero-order chi connectivity index (χ0) is 11.6. The van der Waals surface area contributed by atoms with E-state index in [0.717, 1.165) is 6.92 Å². The van der Waals surface area contributed by atoms with E-state index in [1.165, 1.54) is 5.32 Å². The van der Waals surface area contributed by atoms with Crippen LogP contribution < -0.4 is 5.32 Å². The molecule has 0 aliphatic rings. The molecule has 0 saturated carbocycles. The molecule has 0 bridgehead atoms. The number of hydrogen-bond acceptors (Lipinski definition) is 2. The Hall–Kier alpha value is -1.21. The van der Waals surface area contributed by atoms with Gasteiger partial charge in [-0.05, 0) is 6.92 Å². The lowest BCUT2D eigenvalue weighted by Crippen LogP contribution is -2.52. The lowest BCUT2D eigenvalue weighted by atomic mass is 10.2. The van der Waals surface area contributed by atoms with E-state index in [1.807, 2.05) is 0 Å². The molecule has 0 aromatic rings. The van der Waals surface area contributed by atoms with Crippen LogP contribution in [0.1, 0.15) is 6.92 Å². The topological polar surface area (TPSA) is 46.2 Å². The average molecular weight is 219 g/mol. The van der Waals surface area contributed by atoms with Crippen LogP contribution in [-0.4, -0.2) is 30.3 Å². The Bertz CT molecular complexity index is 237. The quantitative estimate of drug-likeness (QED) is 0.565. The molecule has 0 heterocycles. The van der Waals surface area contributed by atoms with Gasteiger partial charge in [-0.2, -0.15) is 22.0 Å². The molecule has 0 radical (unpaired) electrons. The van der Waals surface area contributed by atoms with E-state index in [-0.39, 0.29) is 6.29 Å². The van der Waals surface area contributed by atoms with Gasteiger partial charge in [-0.1, -0.05) is 0 Å². The summed E-state index contributed by atoms with van der Waals surface area (Å²) < 4.78 is 59.0. The highest BCUT2D eigenvalue weighted by atomic mass is 19.4. The zero-order valence-corrected chi connectivity index (χ0v) is 6.86. The van der Waals surface area contributed by atoms with Crippen LogP contribution in [0, 0.1) is 0 Å². The number of hydrogen-bond donors (Lipinski definition) is 1. The predicted octanol–water partition coefficient (Wildman–Crippen LogP) is 0.888. The van der Waals surface area contributed by atoms with Crippen LogP contribution in [0.15, 0.2) is 0 Å². The van der Waals surface area contributed by atoms with E-state index >= 15 is 0 Å². The molecular weight excluding hydrogens is 213 g/mol. The molecule has 8 heteroatoms. The number of carbonyl (C=O) groups is 2. The molecule has 0 rings (SSSR count). The highest BCUT2D eigenvalue weighted by Gasteiger charge is 2.63. The van der Waals surface area contributed by atoms with Gasteiger partial charge >= 0.3 is 18.0 Å². The second-order valence-corrected chi connectivity index (χ2v) is 2.47. The van der Waals surface area contributed by atoms with Crippen LogP contribution in [0.3, 0.4) is 0 Å². The number of rotatable bonds is 3. The third-order valence-electron chi connectivity index (χ3n) is 1.20. The lowest BCUT2D eigenvalue weighted by molar-refractivity contribution is -0.269. The highest BCUT2D eigenvalue weighted by molar-refractivity contribution is 5.86. The minimum absolute atomic E-state index is 0.0321. The average Bonchev–Trinajstić information content (AvgIpc) is 2.01. The SMILES string of the molecule is CC(C=O)NC(=O)C(F)(F)C(F)(F)F. The largest absolute Gasteiger partial charge is 0.463 e. The molecule has 0 spiro atoms. The fourth-order valence-corrected chi connectivity index (χ4v) is 0.460. The Kier molecular flexibility index (Phi) is 3.55. The molecule has 0 aliphatic carbocycles. The standard InChI is InChI=1S/C6H6F5NO2/c1-3(2-13)12-4(14)5(7,8)6(9,10)11/h2-3H,1H3,(H,12,14). The maximum atomic E-state index is 12.2. The van der Waals surface area contributed by atoms with Gasteiger partial charge in [0.25, 0.3) is 0 Å². The minimum Gasteiger partial charge on any atom is -0.341 e. The Morgan fingerprint density at radius 3 is 2.00 bits per heavy atom. The van der Waals surface area contributed by atoms with Crippen molar-refractivity contribution in [1.29, 1.82) is 0 Å². The number of carbonyl (C=O) groups excluding carboxylic acids is 2. The molecule has 3 nitrogen and oxygen atoms in total. The second-order valence-electron chi connectivity index (χ2n) is 2.47. The zero-order valence-electron chi connectivity index (χ0n) is 6.86. The second kappa shape index (κ2) is 3.89. The van der Waals surface area contributed by atoms with E-state index in [2.05, 4.69) is 0 Å². The Labute approximate surface area is 75.3 Å². The normalized spacial score (nSPS) is 14.7. The molecule has 14 heavy (non-hydrogen) atoms. The third-order valence-corrected chi connectivity index (χ3v) is 1.20. The van der Waals surface area contributed by atoms with Gasteiger partial charge in [-0.25, -0.2) is 0 Å². The van der Waals surface area contributed by atoms with Crippen LogP contribution in [-0.2, 0) is 9.59 Å². The fraction of sp³-hybridized carbons (Fsp3) is 0.667. The number of nitrogens with one attached hydrogen (secondary N) is 1. The first-order valence-corrected chi connectivity index (χ1v) is 3.33. The lowest BCUT2D eigenvalue weighted by Gasteiger charge is -2.19. The van der Waals surface area contributed by atoms with Crippen LogP contribution >= 0.6 is 0 Å². The van der Waals surface area contributed by atoms with Crippen molar-refractivity contribution in [3.8, 4) is 0 Å². The third kappa shape index (κ3) is 2.64. The number of alkyl halides is 5. The summed E-state index contributed by atoms with van der Waals surface area (Å²) in [5, 5.41) is 1.20. The Morgan fingerprint density at radius 2 is 1.71 bits per heavy atom. The molecule has 82 valence electrons. The summed E-state index contributed by atoms with van der Waals surface area (Å²) >= 11 is 0. The van der Waals surface area contributed by atoms with Crippen LogP contribution in [0.4, 0.5) is 22.0 Å². The van der Waals surface area contributed by atoms with Gasteiger partial charge in [0.15, 0.2) is 0 Å². The summed E-state index contributed by atoms with van der Waals surface area (Å²) in [6.45, 7) is 0.970. The van der Waals surface area contributed by atoms with Crippen molar-refractivity contribution in [2.24, 2.45) is 0 Å². The van der Waals surface area contributed by atoms with Gasteiger partial charge in [-0.3, -0.25) is 4.79 Å². The van der Waals surface area contributed by atoms with Crippen molar-refractivity contribution in [3.05, 3.63) is 0 Å². The summed E-state index contributed by atoms with van der Waals surface area (Å²) in [6.07, 6.45) is -5.93. The molecule has 1 amide bonds. The molecule has 0 aliphatic heterocycles. The summed E-state index contributed by atoms with van der Waals surface area (Å²) in [4.78, 5) is 20.2. The molecule has 0 aromatic carbocycles. The number of aldehydes is 1. The highest BCUT2D eigenvalue weighted by Crippen LogP contribution is 2.35. The van der Waals surface area contributed by atoms with E-state index in [1.54, 1.807) is 0 Å². The molecule has 0 saturated heterocycles. The fourth-order valence-electron chi connectivity index (χ4n) is 0.460. The maximum absolute atomic E-state index is 12.2. The van der Waals surface area contributed by atoms with Crippen molar-refractivity contribution < 1.29 is 31.5 Å². The maximum Gasteiger partial charge on any atom is 0.463 e. The molecule has 0 fully saturated rings. The summed E-state index contributed by atoms with van der Waals surface area (Å²) in [5.74, 6) is -8.02. The smallest absolute Gasteiger partial charge is 0.341 e. The van der Waals surface area contributed by atoms with Gasteiger partial charge in [0.05, 0.1) is 6.04 Å². The van der Waals surface area contributed by atoms with Crippen LogP contribution in [0.2, 0.25) is 0 Å². The van der Waals surface area contributed by atoms with Gasteiger partial charge in [-0.15, -0.1) is 0 Å². The summed E-state index contributed by atoms with van der Waals surface area (Å²) in [7, 11) is 0. The van der Waals surface area contributed by atoms with E-state index in [9.17, 15) is 31.5 Å². The van der Waals surface area contributed by atoms with Crippen molar-refractivity contribution >= 4 is 12.2 Å². The number of halogens is 5. The van der Waals surface area contributed by atoms with Gasteiger partial charge in [0, 0.05) is 0 Å². The minimum atomic E-state index is -5.96. The Balaban J connectivity index is 4.60. The molecular formula is C6H6F5NO2. The van der Waals surface area contributed by atoms with E-state index in [0.29, 0.717) is 0 Å². The van der Waals surface area contributed by atoms with Gasteiger partial charge in [0.2, 0.25) is 0 Å². The monoisotopic (exact) mass is 219 g/mol. The van der Waals surface area contributed by atoms with Crippen molar-refractivity contribution in [3.63, 3.8) is 0 Å². The Morgan fingerprint density at radius 1 is 1.29 bits per heavy atom. The van der Waals surface area contributed by atoms with Crippen molar-refractivity contribution in [2.45, 2.75) is 25.1 Å². The molecule has 0 aromatic heterocycles. The van der Waals surface area contributed by atoms with E-state index < -0.39 is 24.0 Å². The van der Waals surface area contributed by atoms with Crippen molar-refractivity contribution in [1.82, 2.24) is 5.32 Å². The summed E-state index contributed by atoms with van der Waals surface area (Å²) in [5.41, 5.74) is 0. The van der Waals surface area contributed by atoms with Gasteiger partial charge in [0.1, 0.15) is 6.29 Å². The molecule has 1 atom stereocenters. The molecule has 1 unspecified atom stereocenters. The van der Waals surface area contributed by atoms with Crippen LogP contribution in [0.25, 0.3) is 0 Å².